The maximum Gasteiger partial charge on any atom is 0.181 e. The van der Waals surface area contributed by atoms with Gasteiger partial charge in [-0.25, -0.2) is 0 Å². The predicted octanol–water partition coefficient (Wildman–Crippen LogP) is 12.4. The highest BCUT2D eigenvalue weighted by molar-refractivity contribution is 8.00. The van der Waals surface area contributed by atoms with E-state index in [-0.39, 0.29) is 5.41 Å². The molecule has 2 aliphatic rings. The molecule has 9 aromatic carbocycles. The Morgan fingerprint density at radius 3 is 1.86 bits per heavy atom. The summed E-state index contributed by atoms with van der Waals surface area (Å²) in [7, 11) is -2.83. The summed E-state index contributed by atoms with van der Waals surface area (Å²) in [5, 5.41) is 8.22. The Hall–Kier alpha value is -6.39. The van der Waals surface area contributed by atoms with Crippen LogP contribution in [0.15, 0.2) is 216 Å². The van der Waals surface area contributed by atoms with Gasteiger partial charge in [-0.2, -0.15) is 0 Å². The first-order valence-electron chi connectivity index (χ1n) is 20.6. The largest absolute Gasteiger partial charge is 0.310 e. The molecule has 3 heteroatoms. The van der Waals surface area contributed by atoms with Gasteiger partial charge in [0.25, 0.3) is 0 Å². The summed E-state index contributed by atoms with van der Waals surface area (Å²) in [4.78, 5) is 5.20. The molecule has 0 amide bonds. The molecule has 1 aliphatic heterocycles. The molecule has 59 heavy (non-hydrogen) atoms. The lowest BCUT2D eigenvalue weighted by atomic mass is 9.82. The Labute approximate surface area is 352 Å². The number of hydrogen-bond acceptors (Lipinski definition) is 2. The van der Waals surface area contributed by atoms with Crippen LogP contribution in [-0.2, 0) is 5.41 Å². The second kappa shape index (κ2) is 13.9. The van der Waals surface area contributed by atoms with Crippen LogP contribution in [0.2, 0.25) is 0 Å². The average molecular weight is 790 g/mol. The molecule has 11 rings (SSSR count). The summed E-state index contributed by atoms with van der Waals surface area (Å²) in [6.07, 6.45) is 0. The lowest BCUT2D eigenvalue weighted by molar-refractivity contribution is 0.660. The molecule has 0 bridgehead atoms. The summed E-state index contributed by atoms with van der Waals surface area (Å²) in [5.74, 6) is 0. The van der Waals surface area contributed by atoms with E-state index in [2.05, 4.69) is 232 Å². The Balaban J connectivity index is 1.15. The van der Waals surface area contributed by atoms with Gasteiger partial charge < -0.3 is 4.90 Å². The highest BCUT2D eigenvalue weighted by atomic mass is 32.2. The SMILES string of the molecule is Cc1cccc(N(c2ccc(-c3cccc4c3Sc3c(ccc5c3-c3ccccc3C5(C)C)[Si]4(c3ccccc3)c3ccccc3)cc2)c2cccc3ccccc23)c1. The summed E-state index contributed by atoms with van der Waals surface area (Å²) >= 11 is 2.00. The molecule has 1 nitrogen and oxygen atoms in total. The van der Waals surface area contributed by atoms with Crippen LogP contribution >= 0.6 is 11.8 Å². The number of nitrogens with zero attached hydrogens (tertiary/aromatic N) is 1. The van der Waals surface area contributed by atoms with Gasteiger partial charge in [0.15, 0.2) is 8.07 Å². The topological polar surface area (TPSA) is 3.24 Å². The molecule has 1 heterocycles. The van der Waals surface area contributed by atoms with Gasteiger partial charge in [0.05, 0.1) is 5.69 Å². The van der Waals surface area contributed by atoms with Crippen molar-refractivity contribution < 1.29 is 0 Å². The van der Waals surface area contributed by atoms with E-state index in [1.165, 1.54) is 85.9 Å². The molecule has 0 unspecified atom stereocenters. The van der Waals surface area contributed by atoms with Gasteiger partial charge in [-0.1, -0.05) is 202 Å². The van der Waals surface area contributed by atoms with Gasteiger partial charge in [-0.15, -0.1) is 0 Å². The number of benzene rings is 9. The molecule has 0 radical (unpaired) electrons. The quantitative estimate of drug-likeness (QED) is 0.154. The van der Waals surface area contributed by atoms with E-state index < -0.39 is 8.07 Å². The van der Waals surface area contributed by atoms with Crippen molar-refractivity contribution in [3.05, 3.63) is 223 Å². The van der Waals surface area contributed by atoms with Crippen LogP contribution in [0.3, 0.4) is 0 Å². The monoisotopic (exact) mass is 789 g/mol. The lowest BCUT2D eigenvalue weighted by Crippen LogP contribution is -2.76. The summed E-state index contributed by atoms with van der Waals surface area (Å²) < 4.78 is 0. The first-order chi connectivity index (χ1) is 28.9. The van der Waals surface area contributed by atoms with Crippen LogP contribution in [0, 0.1) is 6.92 Å². The maximum atomic E-state index is 2.51. The Kier molecular flexibility index (Phi) is 8.40. The van der Waals surface area contributed by atoms with Gasteiger partial charge in [0.2, 0.25) is 0 Å². The highest BCUT2D eigenvalue weighted by Gasteiger charge is 2.50. The van der Waals surface area contributed by atoms with Gasteiger partial charge in [0.1, 0.15) is 0 Å². The number of rotatable bonds is 6. The molecule has 9 aromatic rings. The van der Waals surface area contributed by atoms with Crippen molar-refractivity contribution >= 4 is 68.4 Å². The molecule has 0 fully saturated rings. The minimum Gasteiger partial charge on any atom is -0.310 e. The zero-order valence-corrected chi connectivity index (χ0v) is 35.3. The molecular formula is C56H43NSSi. The first kappa shape index (κ1) is 35.7. The summed E-state index contributed by atoms with van der Waals surface area (Å²) in [5.41, 5.74) is 12.7. The van der Waals surface area contributed by atoms with Crippen LogP contribution in [0.5, 0.6) is 0 Å². The molecule has 0 aromatic heterocycles. The normalized spacial score (nSPS) is 14.2. The molecular weight excluding hydrogens is 747 g/mol. The average Bonchev–Trinajstić information content (AvgIpc) is 3.52. The third-order valence-electron chi connectivity index (χ3n) is 12.8. The third-order valence-corrected chi connectivity index (χ3v) is 19.3. The molecule has 0 saturated carbocycles. The van der Waals surface area contributed by atoms with Crippen LogP contribution < -0.4 is 25.6 Å². The Bertz CT molecular complexity index is 3020. The van der Waals surface area contributed by atoms with E-state index >= 15 is 0 Å². The van der Waals surface area contributed by atoms with E-state index in [1.54, 1.807) is 0 Å². The van der Waals surface area contributed by atoms with Crippen LogP contribution in [-0.4, -0.2) is 8.07 Å². The number of fused-ring (bicyclic) bond motifs is 7. The van der Waals surface area contributed by atoms with Crippen molar-refractivity contribution in [1.29, 1.82) is 0 Å². The van der Waals surface area contributed by atoms with Crippen molar-refractivity contribution in [2.45, 2.75) is 36.0 Å². The minimum absolute atomic E-state index is 0.0892. The van der Waals surface area contributed by atoms with E-state index in [1.807, 2.05) is 11.8 Å². The number of aryl methyl sites for hydroxylation is 1. The smallest absolute Gasteiger partial charge is 0.181 e. The maximum absolute atomic E-state index is 2.83. The van der Waals surface area contributed by atoms with Gasteiger partial charge in [-0.05, 0) is 102 Å². The lowest BCUT2D eigenvalue weighted by Gasteiger charge is -2.41. The van der Waals surface area contributed by atoms with E-state index in [4.69, 9.17) is 0 Å². The van der Waals surface area contributed by atoms with Crippen molar-refractivity contribution in [2.75, 3.05) is 4.90 Å². The number of hydrogen-bond donors (Lipinski definition) is 0. The summed E-state index contributed by atoms with van der Waals surface area (Å²) in [6, 6.07) is 77.5. The summed E-state index contributed by atoms with van der Waals surface area (Å²) in [6.45, 7) is 6.97. The van der Waals surface area contributed by atoms with Gasteiger partial charge >= 0.3 is 0 Å². The second-order valence-electron chi connectivity index (χ2n) is 16.5. The first-order valence-corrected chi connectivity index (χ1v) is 23.4. The zero-order chi connectivity index (χ0) is 39.7. The van der Waals surface area contributed by atoms with Crippen molar-refractivity contribution in [1.82, 2.24) is 0 Å². The molecule has 1 aliphatic carbocycles. The fourth-order valence-electron chi connectivity index (χ4n) is 10.1. The minimum atomic E-state index is -2.83. The Morgan fingerprint density at radius 1 is 0.475 bits per heavy atom. The molecule has 0 atom stereocenters. The van der Waals surface area contributed by atoms with E-state index in [0.29, 0.717) is 0 Å². The fraction of sp³-hybridized carbons (Fsp3) is 0.0714. The molecule has 282 valence electrons. The van der Waals surface area contributed by atoms with Crippen LogP contribution in [0.25, 0.3) is 33.0 Å². The van der Waals surface area contributed by atoms with Crippen molar-refractivity contribution in [2.24, 2.45) is 0 Å². The fourth-order valence-corrected chi connectivity index (χ4v) is 17.4. The second-order valence-corrected chi connectivity index (χ2v) is 21.3. The van der Waals surface area contributed by atoms with E-state index in [0.717, 1.165) is 11.4 Å². The predicted molar refractivity (Wildman–Crippen MR) is 254 cm³/mol. The van der Waals surface area contributed by atoms with Gasteiger partial charge in [-0.3, -0.25) is 0 Å². The highest BCUT2D eigenvalue weighted by Crippen LogP contribution is 2.54. The zero-order valence-electron chi connectivity index (χ0n) is 33.5. The van der Waals surface area contributed by atoms with E-state index in [9.17, 15) is 0 Å². The van der Waals surface area contributed by atoms with Gasteiger partial charge in [0, 0.05) is 32.0 Å². The third kappa shape index (κ3) is 5.45. The molecule has 0 spiro atoms. The number of anilines is 3. The molecule has 0 N–H and O–H groups in total. The van der Waals surface area contributed by atoms with Crippen LogP contribution in [0.4, 0.5) is 17.1 Å². The Morgan fingerprint density at radius 2 is 1.10 bits per heavy atom. The standard InChI is InChI=1S/C56H43NSSi/c1-38-17-14-20-42(37-38)57(50-29-15-19-39-18-10-11-25-45(39)50)41-33-31-40(32-34-41)46-27-16-30-51-54(46)58-55-52(36-35-49-53(55)47-26-12-13-28-48(47)56(49,2)3)59(51,43-21-6-4-7-22-43)44-23-8-5-9-24-44/h4-37H,1-3H3. The van der Waals surface area contributed by atoms with Crippen molar-refractivity contribution in [3.8, 4) is 22.3 Å². The van der Waals surface area contributed by atoms with Crippen molar-refractivity contribution in [3.63, 3.8) is 0 Å². The van der Waals surface area contributed by atoms with Crippen LogP contribution in [0.1, 0.15) is 30.5 Å². The molecule has 0 saturated heterocycles.